The van der Waals surface area contributed by atoms with Crippen molar-refractivity contribution in [2.45, 2.75) is 0 Å². The van der Waals surface area contributed by atoms with Crippen LogP contribution in [0.25, 0.3) is 5.57 Å². The van der Waals surface area contributed by atoms with Gasteiger partial charge in [0.25, 0.3) is 0 Å². The summed E-state index contributed by atoms with van der Waals surface area (Å²) in [6, 6.07) is 11.7. The largest absolute Gasteiger partial charge is 0.405 e. The summed E-state index contributed by atoms with van der Waals surface area (Å²) >= 11 is 3.42. The molecule has 0 aliphatic carbocycles. The van der Waals surface area contributed by atoms with E-state index >= 15 is 0 Å². The molecule has 1 aromatic heterocycles. The zero-order valence-electron chi connectivity index (χ0n) is 12.9. The molecule has 0 radical (unpaired) electrons. The Kier molecular flexibility index (Phi) is 6.27. The van der Waals surface area contributed by atoms with Crippen LogP contribution >= 0.6 is 23.7 Å². The van der Waals surface area contributed by atoms with E-state index in [9.17, 15) is 9.46 Å². The van der Waals surface area contributed by atoms with E-state index in [1.165, 1.54) is 11.8 Å². The molecule has 0 aliphatic rings. The Morgan fingerprint density at radius 3 is 2.61 bits per heavy atom. The summed E-state index contributed by atoms with van der Waals surface area (Å²) in [6.07, 6.45) is 5.37. The van der Waals surface area contributed by atoms with E-state index in [-0.39, 0.29) is 6.54 Å². The lowest BCUT2D eigenvalue weighted by atomic mass is 9.99. The van der Waals surface area contributed by atoms with Gasteiger partial charge in [0, 0.05) is 36.1 Å². The minimum atomic E-state index is -3.75. The molecule has 1 unspecified atom stereocenters. The van der Waals surface area contributed by atoms with Crippen LogP contribution in [0, 0.1) is 0 Å². The first-order chi connectivity index (χ1) is 10.9. The van der Waals surface area contributed by atoms with Crippen LogP contribution in [0.1, 0.15) is 11.1 Å². The van der Waals surface area contributed by atoms with Crippen LogP contribution in [-0.2, 0) is 9.09 Å². The lowest BCUT2D eigenvalue weighted by molar-refractivity contribution is 0.259. The summed E-state index contributed by atoms with van der Waals surface area (Å²) in [4.78, 5) is 13.8. The number of hydrogen-bond donors (Lipinski definition) is 1. The minimum Gasteiger partial charge on any atom is -0.312 e. The maximum Gasteiger partial charge on any atom is 0.405 e. The highest BCUT2D eigenvalue weighted by atomic mass is 79.9. The zero-order valence-corrected chi connectivity index (χ0v) is 15.4. The Bertz CT molecular complexity index is 720. The molecule has 122 valence electrons. The molecule has 0 amide bonds. The van der Waals surface area contributed by atoms with Crippen molar-refractivity contribution in [1.82, 2.24) is 9.65 Å². The third-order valence-electron chi connectivity index (χ3n) is 3.36. The summed E-state index contributed by atoms with van der Waals surface area (Å²) in [5.41, 5.74) is 2.88. The fourth-order valence-corrected chi connectivity index (χ4v) is 2.85. The van der Waals surface area contributed by atoms with Gasteiger partial charge >= 0.3 is 7.75 Å². The van der Waals surface area contributed by atoms with Crippen LogP contribution in [0.2, 0.25) is 0 Å². The predicted octanol–water partition coefficient (Wildman–Crippen LogP) is 3.95. The Hall–Kier alpha value is -1.30. The minimum absolute atomic E-state index is 0.266. The Morgan fingerprint density at radius 2 is 2.04 bits per heavy atom. The number of nitrogens with zero attached hydrogens (tertiary/aromatic N) is 2. The van der Waals surface area contributed by atoms with Gasteiger partial charge in [-0.05, 0) is 36.4 Å². The van der Waals surface area contributed by atoms with Crippen LogP contribution in [0.5, 0.6) is 0 Å². The molecule has 2 rings (SSSR count). The number of benzene rings is 1. The first-order valence-corrected chi connectivity index (χ1v) is 9.23. The smallest absolute Gasteiger partial charge is 0.312 e. The molecule has 0 saturated carbocycles. The normalized spacial score (nSPS) is 14.7. The van der Waals surface area contributed by atoms with E-state index < -0.39 is 7.75 Å². The van der Waals surface area contributed by atoms with Crippen LogP contribution < -0.4 is 0 Å². The lowest BCUT2D eigenvalue weighted by Gasteiger charge is -2.20. The van der Waals surface area contributed by atoms with Gasteiger partial charge in [0.2, 0.25) is 0 Å². The van der Waals surface area contributed by atoms with Crippen molar-refractivity contribution in [2.75, 3.05) is 20.7 Å². The summed E-state index contributed by atoms with van der Waals surface area (Å²) in [6.45, 7) is 0.266. The summed E-state index contributed by atoms with van der Waals surface area (Å²) < 4.78 is 18.7. The number of rotatable bonds is 6. The van der Waals surface area contributed by atoms with Crippen LogP contribution in [-0.4, -0.2) is 35.3 Å². The second-order valence-electron chi connectivity index (χ2n) is 4.88. The number of pyridine rings is 1. The number of hydrogen-bond acceptors (Lipinski definition) is 3. The van der Waals surface area contributed by atoms with Crippen molar-refractivity contribution in [3.05, 3.63) is 70.5 Å². The summed E-state index contributed by atoms with van der Waals surface area (Å²) in [5, 5.41) is 0. The molecule has 0 fully saturated rings. The zero-order chi connectivity index (χ0) is 16.9. The third kappa shape index (κ3) is 4.83. The maximum absolute atomic E-state index is 11.8. The third-order valence-corrected chi connectivity index (χ3v) is 5.39. The molecular weight excluding hydrogens is 379 g/mol. The van der Waals surface area contributed by atoms with Gasteiger partial charge in [0.1, 0.15) is 0 Å². The van der Waals surface area contributed by atoms with Crippen molar-refractivity contribution < 1.29 is 14.0 Å². The highest BCUT2D eigenvalue weighted by Crippen LogP contribution is 2.43. The molecule has 0 aliphatic heterocycles. The van der Waals surface area contributed by atoms with Crippen LogP contribution in [0.3, 0.4) is 0 Å². The Morgan fingerprint density at radius 1 is 1.35 bits per heavy atom. The lowest BCUT2D eigenvalue weighted by Crippen LogP contribution is -2.16. The van der Waals surface area contributed by atoms with Crippen molar-refractivity contribution in [3.63, 3.8) is 0 Å². The first kappa shape index (κ1) is 18.0. The van der Waals surface area contributed by atoms with Crippen LogP contribution in [0.15, 0.2) is 59.3 Å². The molecule has 7 heteroatoms. The molecule has 0 spiro atoms. The Balaban J connectivity index is 2.36. The molecule has 1 atom stereocenters. The van der Waals surface area contributed by atoms with Gasteiger partial charge in [-0.2, -0.15) is 0 Å². The fraction of sp³-hybridized carbons (Fsp3) is 0.188. The van der Waals surface area contributed by atoms with E-state index in [0.717, 1.165) is 21.2 Å². The molecule has 23 heavy (non-hydrogen) atoms. The molecule has 1 heterocycles. The van der Waals surface area contributed by atoms with Gasteiger partial charge < -0.3 is 9.42 Å². The summed E-state index contributed by atoms with van der Waals surface area (Å²) in [5.74, 6) is 0. The molecule has 5 nitrogen and oxygen atoms in total. The van der Waals surface area contributed by atoms with E-state index in [1.807, 2.05) is 42.5 Å². The molecule has 1 aromatic carbocycles. The monoisotopic (exact) mass is 396 g/mol. The van der Waals surface area contributed by atoms with Gasteiger partial charge in [-0.1, -0.05) is 40.2 Å². The SMILES string of the molecule is COP(=O)(O)N(C)C/C=C(/c1ccc(Br)cc1)c1cccnc1. The van der Waals surface area contributed by atoms with Gasteiger partial charge in [0.05, 0.1) is 0 Å². The molecule has 0 bridgehead atoms. The molecule has 2 aromatic rings. The fourth-order valence-electron chi connectivity index (χ4n) is 2.02. The van der Waals surface area contributed by atoms with Crippen molar-refractivity contribution in [2.24, 2.45) is 0 Å². The summed E-state index contributed by atoms with van der Waals surface area (Å²) in [7, 11) is -0.981. The highest BCUT2D eigenvalue weighted by molar-refractivity contribution is 9.10. The maximum atomic E-state index is 11.8. The van der Waals surface area contributed by atoms with Crippen molar-refractivity contribution in [3.8, 4) is 0 Å². The standard InChI is InChI=1S/C16H18BrN2O3P/c1-19(23(20,21)22-2)11-9-16(14-4-3-10-18-12-14)13-5-7-15(17)8-6-13/h3-10,12H,11H2,1-2H3,(H,20,21)/b16-9-. The van der Waals surface area contributed by atoms with E-state index in [4.69, 9.17) is 0 Å². The van der Waals surface area contributed by atoms with E-state index in [2.05, 4.69) is 25.4 Å². The second kappa shape index (κ2) is 7.99. The quantitative estimate of drug-likeness (QED) is 0.748. The van der Waals surface area contributed by atoms with Crippen molar-refractivity contribution in [1.29, 1.82) is 0 Å². The average molecular weight is 397 g/mol. The highest BCUT2D eigenvalue weighted by Gasteiger charge is 2.23. The van der Waals surface area contributed by atoms with Crippen LogP contribution in [0.4, 0.5) is 0 Å². The molecular formula is C16H18BrN2O3P. The molecule has 1 N–H and O–H groups in total. The average Bonchev–Trinajstić information content (AvgIpc) is 2.57. The second-order valence-corrected chi connectivity index (χ2v) is 7.82. The van der Waals surface area contributed by atoms with Crippen molar-refractivity contribution >= 4 is 29.2 Å². The van der Waals surface area contributed by atoms with Gasteiger partial charge in [-0.3, -0.25) is 4.98 Å². The number of aromatic nitrogens is 1. The van der Waals surface area contributed by atoms with E-state index in [1.54, 1.807) is 19.4 Å². The Labute approximate surface area is 144 Å². The number of halogens is 1. The first-order valence-electron chi connectivity index (χ1n) is 6.90. The van der Waals surface area contributed by atoms with Gasteiger partial charge in [-0.25, -0.2) is 9.24 Å². The van der Waals surface area contributed by atoms with Gasteiger partial charge in [0.15, 0.2) is 0 Å². The van der Waals surface area contributed by atoms with Gasteiger partial charge in [-0.15, -0.1) is 0 Å². The molecule has 0 saturated heterocycles. The topological polar surface area (TPSA) is 62.7 Å². The number of likely N-dealkylation sites (N-methyl/N-ethyl adjacent to an activating group) is 1. The predicted molar refractivity (Wildman–Crippen MR) is 94.9 cm³/mol. The van der Waals surface area contributed by atoms with E-state index in [0.29, 0.717) is 0 Å².